The highest BCUT2D eigenvalue weighted by molar-refractivity contribution is 7.92. The van der Waals surface area contributed by atoms with Crippen LogP contribution in [0.15, 0.2) is 27.6 Å². The molecule has 0 amide bonds. The summed E-state index contributed by atoms with van der Waals surface area (Å²) in [6.07, 6.45) is 0. The summed E-state index contributed by atoms with van der Waals surface area (Å²) in [7, 11) is -3.80. The van der Waals surface area contributed by atoms with Crippen molar-refractivity contribution >= 4 is 33.0 Å². The third-order valence-corrected chi connectivity index (χ3v) is 4.34. The number of rotatable bonds is 3. The van der Waals surface area contributed by atoms with E-state index < -0.39 is 10.0 Å². The Morgan fingerprint density at radius 3 is 2.58 bits per heavy atom. The van der Waals surface area contributed by atoms with Crippen LogP contribution in [0.3, 0.4) is 0 Å². The number of hydrogen-bond donors (Lipinski definition) is 2. The number of sulfonamides is 1. The minimum absolute atomic E-state index is 0.0156. The molecule has 0 aliphatic rings. The van der Waals surface area contributed by atoms with Gasteiger partial charge in [0.25, 0.3) is 10.0 Å². The third-order valence-electron chi connectivity index (χ3n) is 2.49. The van der Waals surface area contributed by atoms with Gasteiger partial charge in [0.1, 0.15) is 5.69 Å². The molecule has 0 radical (unpaired) electrons. The number of hydrogen-bond acceptors (Lipinski definition) is 5. The fourth-order valence-electron chi connectivity index (χ4n) is 1.68. The first-order valence-corrected chi connectivity index (χ1v) is 7.18. The Bertz CT molecular complexity index is 705. The van der Waals surface area contributed by atoms with Crippen LogP contribution in [0.4, 0.5) is 11.4 Å². The van der Waals surface area contributed by atoms with E-state index >= 15 is 0 Å². The minimum atomic E-state index is -3.80. The molecule has 6 nitrogen and oxygen atoms in total. The quantitative estimate of drug-likeness (QED) is 0.848. The molecule has 0 aliphatic heterocycles. The van der Waals surface area contributed by atoms with Crippen molar-refractivity contribution in [3.63, 3.8) is 0 Å². The average molecular weight is 302 g/mol. The number of nitrogens with two attached hydrogens (primary N) is 1. The molecule has 0 bridgehead atoms. The first kappa shape index (κ1) is 13.7. The molecule has 0 spiro atoms. The fourth-order valence-corrected chi connectivity index (χ4v) is 3.28. The number of halogens is 1. The van der Waals surface area contributed by atoms with Crippen molar-refractivity contribution in [2.24, 2.45) is 0 Å². The van der Waals surface area contributed by atoms with Gasteiger partial charge in [-0.15, -0.1) is 0 Å². The molecule has 8 heteroatoms. The number of anilines is 2. The lowest BCUT2D eigenvalue weighted by Gasteiger charge is -2.10. The molecule has 19 heavy (non-hydrogen) atoms. The van der Waals surface area contributed by atoms with Gasteiger partial charge in [-0.25, -0.2) is 8.42 Å². The van der Waals surface area contributed by atoms with Crippen LogP contribution in [0.2, 0.25) is 5.02 Å². The van der Waals surface area contributed by atoms with Crippen molar-refractivity contribution in [3.05, 3.63) is 34.7 Å². The number of nitrogen functional groups attached to an aromatic ring is 1. The zero-order chi connectivity index (χ0) is 14.2. The highest BCUT2D eigenvalue weighted by Crippen LogP contribution is 2.27. The predicted octanol–water partition coefficient (Wildman–Crippen LogP) is 2.33. The lowest BCUT2D eigenvalue weighted by molar-refractivity contribution is 0.390. The summed E-state index contributed by atoms with van der Waals surface area (Å²) in [6.45, 7) is 3.08. The van der Waals surface area contributed by atoms with E-state index in [9.17, 15) is 8.42 Å². The smallest absolute Gasteiger partial charge is 0.267 e. The average Bonchev–Trinajstić information content (AvgIpc) is 2.63. The normalized spacial score (nSPS) is 11.5. The van der Waals surface area contributed by atoms with Gasteiger partial charge in [-0.3, -0.25) is 4.72 Å². The van der Waals surface area contributed by atoms with Crippen molar-refractivity contribution in [2.45, 2.75) is 18.7 Å². The van der Waals surface area contributed by atoms with Gasteiger partial charge in [0.05, 0.1) is 11.4 Å². The van der Waals surface area contributed by atoms with Crippen molar-refractivity contribution < 1.29 is 12.9 Å². The molecule has 3 N–H and O–H groups in total. The van der Waals surface area contributed by atoms with Crippen LogP contribution in [-0.2, 0) is 10.0 Å². The monoisotopic (exact) mass is 301 g/mol. The molecule has 0 saturated carbocycles. The maximum absolute atomic E-state index is 12.2. The van der Waals surface area contributed by atoms with Crippen molar-refractivity contribution in [3.8, 4) is 0 Å². The van der Waals surface area contributed by atoms with E-state index in [4.69, 9.17) is 21.9 Å². The zero-order valence-corrected chi connectivity index (χ0v) is 11.8. The molecule has 0 saturated heterocycles. The summed E-state index contributed by atoms with van der Waals surface area (Å²) in [6, 6.07) is 4.50. The summed E-state index contributed by atoms with van der Waals surface area (Å²) < 4.78 is 31.7. The van der Waals surface area contributed by atoms with Crippen molar-refractivity contribution in [1.82, 2.24) is 5.16 Å². The molecule has 1 heterocycles. The Balaban J connectivity index is 2.42. The van der Waals surface area contributed by atoms with E-state index in [1.54, 1.807) is 13.0 Å². The SMILES string of the molecule is Cc1noc(C)c1S(=O)(=O)Nc1ccc(Cl)cc1N. The van der Waals surface area contributed by atoms with E-state index in [0.29, 0.717) is 5.02 Å². The topological polar surface area (TPSA) is 98.2 Å². The summed E-state index contributed by atoms with van der Waals surface area (Å²) in [5.74, 6) is 0.220. The highest BCUT2D eigenvalue weighted by Gasteiger charge is 2.24. The van der Waals surface area contributed by atoms with E-state index in [2.05, 4.69) is 9.88 Å². The number of nitrogens with one attached hydrogen (secondary N) is 1. The van der Waals surface area contributed by atoms with Gasteiger partial charge in [0.15, 0.2) is 10.7 Å². The van der Waals surface area contributed by atoms with Gasteiger partial charge >= 0.3 is 0 Å². The number of benzene rings is 1. The van der Waals surface area contributed by atoms with Gasteiger partial charge in [-0.2, -0.15) is 0 Å². The first-order valence-electron chi connectivity index (χ1n) is 5.32. The summed E-state index contributed by atoms with van der Waals surface area (Å²) in [5.41, 5.74) is 6.49. The van der Waals surface area contributed by atoms with Crippen LogP contribution >= 0.6 is 11.6 Å². The largest absolute Gasteiger partial charge is 0.397 e. The fraction of sp³-hybridized carbons (Fsp3) is 0.182. The van der Waals surface area contributed by atoms with Crippen LogP contribution in [0.1, 0.15) is 11.5 Å². The lowest BCUT2D eigenvalue weighted by atomic mass is 10.3. The Labute approximate surface area is 115 Å². The molecule has 2 aromatic rings. The molecular weight excluding hydrogens is 290 g/mol. The van der Waals surface area contributed by atoms with E-state index in [0.717, 1.165) is 0 Å². The minimum Gasteiger partial charge on any atom is -0.397 e. The maximum Gasteiger partial charge on any atom is 0.267 e. The molecule has 1 aromatic carbocycles. The highest BCUT2D eigenvalue weighted by atomic mass is 35.5. The summed E-state index contributed by atoms with van der Waals surface area (Å²) in [5, 5.41) is 4.04. The van der Waals surface area contributed by atoms with Gasteiger partial charge in [0.2, 0.25) is 0 Å². The van der Waals surface area contributed by atoms with Gasteiger partial charge in [-0.1, -0.05) is 16.8 Å². The molecule has 2 rings (SSSR count). The Morgan fingerprint density at radius 1 is 1.37 bits per heavy atom. The Hall–Kier alpha value is -1.73. The molecule has 0 aliphatic carbocycles. The Morgan fingerprint density at radius 2 is 2.05 bits per heavy atom. The molecular formula is C11H12ClN3O3S. The Kier molecular flexibility index (Phi) is 3.42. The summed E-state index contributed by atoms with van der Waals surface area (Å²) >= 11 is 5.76. The van der Waals surface area contributed by atoms with Crippen LogP contribution in [-0.4, -0.2) is 13.6 Å². The number of aromatic nitrogens is 1. The molecule has 0 unspecified atom stereocenters. The van der Waals surface area contributed by atoms with Crippen LogP contribution in [0, 0.1) is 13.8 Å². The van der Waals surface area contributed by atoms with Gasteiger partial charge < -0.3 is 10.3 Å². The third kappa shape index (κ3) is 2.66. The standard InChI is InChI=1S/C11H12ClN3O3S/c1-6-11(7(2)18-14-6)19(16,17)15-10-4-3-8(12)5-9(10)13/h3-5,15H,13H2,1-2H3. The number of aryl methyl sites for hydroxylation is 2. The second-order valence-corrected chi connectivity index (χ2v) is 6.05. The van der Waals surface area contributed by atoms with E-state index in [1.807, 2.05) is 0 Å². The predicted molar refractivity (Wildman–Crippen MR) is 72.6 cm³/mol. The van der Waals surface area contributed by atoms with E-state index in [-0.39, 0.29) is 27.7 Å². The van der Waals surface area contributed by atoms with Crippen molar-refractivity contribution in [1.29, 1.82) is 0 Å². The van der Waals surface area contributed by atoms with Gasteiger partial charge in [0, 0.05) is 5.02 Å². The lowest BCUT2D eigenvalue weighted by Crippen LogP contribution is -2.15. The molecule has 1 aromatic heterocycles. The van der Waals surface area contributed by atoms with Crippen LogP contribution in [0.25, 0.3) is 0 Å². The van der Waals surface area contributed by atoms with Gasteiger partial charge in [-0.05, 0) is 32.0 Å². The van der Waals surface area contributed by atoms with Crippen LogP contribution in [0.5, 0.6) is 0 Å². The number of nitrogens with zero attached hydrogens (tertiary/aromatic N) is 1. The zero-order valence-electron chi connectivity index (χ0n) is 10.3. The summed E-state index contributed by atoms with van der Waals surface area (Å²) in [4.78, 5) is 0.0156. The van der Waals surface area contributed by atoms with E-state index in [1.165, 1.54) is 19.1 Å². The molecule has 0 atom stereocenters. The second kappa shape index (κ2) is 4.75. The molecule has 0 fully saturated rings. The maximum atomic E-state index is 12.2. The first-order chi connectivity index (χ1) is 8.81. The van der Waals surface area contributed by atoms with Crippen molar-refractivity contribution in [2.75, 3.05) is 10.5 Å². The second-order valence-electron chi connectivity index (χ2n) is 3.99. The molecule has 102 valence electrons. The van der Waals surface area contributed by atoms with Crippen LogP contribution < -0.4 is 10.5 Å².